The van der Waals surface area contributed by atoms with Gasteiger partial charge in [-0.05, 0) is 24.1 Å². The van der Waals surface area contributed by atoms with E-state index >= 15 is 0 Å². The second-order valence-electron chi connectivity index (χ2n) is 4.08. The Labute approximate surface area is 107 Å². The van der Waals surface area contributed by atoms with Crippen molar-refractivity contribution in [2.45, 2.75) is 6.92 Å². The van der Waals surface area contributed by atoms with Crippen LogP contribution in [-0.4, -0.2) is 25.5 Å². The van der Waals surface area contributed by atoms with Gasteiger partial charge in [0.25, 0.3) is 0 Å². The molecule has 0 aromatic heterocycles. The van der Waals surface area contributed by atoms with Crippen LogP contribution in [0.25, 0.3) is 11.1 Å². The Morgan fingerprint density at radius 2 is 1.26 bits per heavy atom. The van der Waals surface area contributed by atoms with E-state index in [0.717, 1.165) is 6.07 Å². The molecule has 0 aliphatic carbocycles. The van der Waals surface area contributed by atoms with E-state index in [0.29, 0.717) is 5.56 Å². The van der Waals surface area contributed by atoms with Gasteiger partial charge in [-0.2, -0.15) is 0 Å². The molecule has 2 rings (SSSR count). The third-order valence-corrected chi connectivity index (χ3v) is 2.83. The van der Waals surface area contributed by atoms with Crippen LogP contribution in [0.4, 0.5) is 4.39 Å². The van der Waals surface area contributed by atoms with Crippen molar-refractivity contribution in [3.05, 3.63) is 29.6 Å². The third-order valence-electron chi connectivity index (χ3n) is 2.83. The number of aromatic hydroxyl groups is 5. The molecule has 0 amide bonds. The first-order valence-electron chi connectivity index (χ1n) is 5.30. The number of halogens is 1. The van der Waals surface area contributed by atoms with Gasteiger partial charge in [-0.1, -0.05) is 12.1 Å². The lowest BCUT2D eigenvalue weighted by atomic mass is 10.00. The first-order valence-corrected chi connectivity index (χ1v) is 5.30. The number of phenols is 5. The quantitative estimate of drug-likeness (QED) is 0.403. The molecule has 0 radical (unpaired) electrons. The van der Waals surface area contributed by atoms with Crippen molar-refractivity contribution in [1.82, 2.24) is 0 Å². The number of aryl methyl sites for hydroxylation is 1. The van der Waals surface area contributed by atoms with Gasteiger partial charge in [-0.15, -0.1) is 0 Å². The van der Waals surface area contributed by atoms with Gasteiger partial charge in [0.05, 0.1) is 5.56 Å². The van der Waals surface area contributed by atoms with E-state index in [1.165, 1.54) is 19.1 Å². The molecule has 6 heteroatoms. The molecule has 0 atom stereocenters. The second-order valence-corrected chi connectivity index (χ2v) is 4.08. The highest BCUT2D eigenvalue weighted by molar-refractivity contribution is 5.85. The Hall–Kier alpha value is -2.63. The van der Waals surface area contributed by atoms with E-state index in [2.05, 4.69) is 0 Å². The highest BCUT2D eigenvalue weighted by Crippen LogP contribution is 2.54. The van der Waals surface area contributed by atoms with Gasteiger partial charge in [0.2, 0.25) is 17.2 Å². The predicted octanol–water partition coefficient (Wildman–Crippen LogP) is 2.33. The maximum Gasteiger partial charge on any atom is 0.208 e. The Kier molecular flexibility index (Phi) is 2.86. The minimum atomic E-state index is -1.05. The molecule has 0 unspecified atom stereocenters. The molecule has 100 valence electrons. The first kappa shape index (κ1) is 12.8. The zero-order valence-electron chi connectivity index (χ0n) is 9.85. The van der Waals surface area contributed by atoms with Crippen molar-refractivity contribution in [3.63, 3.8) is 0 Å². The van der Waals surface area contributed by atoms with Gasteiger partial charge >= 0.3 is 0 Å². The summed E-state index contributed by atoms with van der Waals surface area (Å²) in [7, 11) is 0. The van der Waals surface area contributed by atoms with E-state index in [1.807, 2.05) is 0 Å². The van der Waals surface area contributed by atoms with Crippen LogP contribution < -0.4 is 0 Å². The molecule has 5 nitrogen and oxygen atoms in total. The largest absolute Gasteiger partial charge is 0.504 e. The molecule has 0 saturated heterocycles. The maximum absolute atomic E-state index is 13.5. The predicted molar refractivity (Wildman–Crippen MR) is 64.9 cm³/mol. The Balaban J connectivity index is 2.79. The average Bonchev–Trinajstić information content (AvgIpc) is 2.38. The topological polar surface area (TPSA) is 101 Å². The molecule has 0 saturated carbocycles. The summed E-state index contributed by atoms with van der Waals surface area (Å²) >= 11 is 0. The monoisotopic (exact) mass is 266 g/mol. The number of phenolic OH excluding ortho intramolecular Hbond substituents is 5. The summed E-state index contributed by atoms with van der Waals surface area (Å²) < 4.78 is 13.5. The first-order chi connectivity index (χ1) is 8.84. The summed E-state index contributed by atoms with van der Waals surface area (Å²) in [6.45, 7) is 1.53. The van der Waals surface area contributed by atoms with E-state index < -0.39 is 34.6 Å². The van der Waals surface area contributed by atoms with E-state index in [1.54, 1.807) is 0 Å². The van der Waals surface area contributed by atoms with E-state index in [-0.39, 0.29) is 11.1 Å². The minimum Gasteiger partial charge on any atom is -0.504 e. The lowest BCUT2D eigenvalue weighted by molar-refractivity contribution is 0.330. The fourth-order valence-electron chi connectivity index (χ4n) is 1.71. The summed E-state index contributed by atoms with van der Waals surface area (Å²) in [5, 5.41) is 47.5. The molecule has 0 aliphatic heterocycles. The van der Waals surface area contributed by atoms with Gasteiger partial charge in [0.15, 0.2) is 11.5 Å². The average molecular weight is 266 g/mol. The smallest absolute Gasteiger partial charge is 0.208 e. The molecule has 2 aromatic carbocycles. The second kappa shape index (κ2) is 4.24. The fourth-order valence-corrected chi connectivity index (χ4v) is 1.71. The van der Waals surface area contributed by atoms with Crippen LogP contribution in [0.3, 0.4) is 0 Å². The Bertz CT molecular complexity index is 638. The van der Waals surface area contributed by atoms with Crippen molar-refractivity contribution in [3.8, 4) is 39.9 Å². The minimum absolute atomic E-state index is 0.0451. The Morgan fingerprint density at radius 3 is 1.74 bits per heavy atom. The molecule has 0 aliphatic rings. The number of hydrogen-bond donors (Lipinski definition) is 5. The van der Waals surface area contributed by atoms with Crippen LogP contribution in [0.1, 0.15) is 5.56 Å². The standard InChI is InChI=1S/C13H11FO5/c1-5-2-3-6(4-7(5)14)8-9(15)11(17)13(19)12(18)10(8)16/h2-4,15-19H,1H3. The normalized spacial score (nSPS) is 10.6. The van der Waals surface area contributed by atoms with Crippen LogP contribution in [0, 0.1) is 12.7 Å². The zero-order valence-corrected chi connectivity index (χ0v) is 9.85. The molecule has 19 heavy (non-hydrogen) atoms. The van der Waals surface area contributed by atoms with Crippen LogP contribution in [0.2, 0.25) is 0 Å². The van der Waals surface area contributed by atoms with Gasteiger partial charge in [-0.3, -0.25) is 0 Å². The molecule has 2 aromatic rings. The number of hydrogen-bond acceptors (Lipinski definition) is 5. The van der Waals surface area contributed by atoms with Crippen LogP contribution in [0.5, 0.6) is 28.7 Å². The van der Waals surface area contributed by atoms with Crippen molar-refractivity contribution in [2.24, 2.45) is 0 Å². The summed E-state index contributed by atoms with van der Waals surface area (Å²) in [6.07, 6.45) is 0. The van der Waals surface area contributed by atoms with Gasteiger partial charge < -0.3 is 25.5 Å². The van der Waals surface area contributed by atoms with E-state index in [9.17, 15) is 29.9 Å². The van der Waals surface area contributed by atoms with Crippen LogP contribution >= 0.6 is 0 Å². The lowest BCUT2D eigenvalue weighted by Crippen LogP contribution is -1.87. The fraction of sp³-hybridized carbons (Fsp3) is 0.0769. The third kappa shape index (κ3) is 1.87. The van der Waals surface area contributed by atoms with Crippen molar-refractivity contribution < 1.29 is 29.9 Å². The Morgan fingerprint density at radius 1 is 0.789 bits per heavy atom. The maximum atomic E-state index is 13.5. The molecule has 0 spiro atoms. The zero-order chi connectivity index (χ0) is 14.3. The summed E-state index contributed by atoms with van der Waals surface area (Å²) in [5.74, 6) is -5.32. The van der Waals surface area contributed by atoms with E-state index in [4.69, 9.17) is 0 Å². The summed E-state index contributed by atoms with van der Waals surface area (Å²) in [5.41, 5.74) is 0.0327. The van der Waals surface area contributed by atoms with Crippen molar-refractivity contribution in [1.29, 1.82) is 0 Å². The van der Waals surface area contributed by atoms with Gasteiger partial charge in [-0.25, -0.2) is 4.39 Å². The highest BCUT2D eigenvalue weighted by Gasteiger charge is 2.24. The highest BCUT2D eigenvalue weighted by atomic mass is 19.1. The molecule has 0 fully saturated rings. The molecular formula is C13H11FO5. The molecule has 0 bridgehead atoms. The molecular weight excluding hydrogens is 255 g/mol. The van der Waals surface area contributed by atoms with Crippen molar-refractivity contribution >= 4 is 0 Å². The van der Waals surface area contributed by atoms with Crippen molar-refractivity contribution in [2.75, 3.05) is 0 Å². The number of benzene rings is 2. The molecule has 5 N–H and O–H groups in total. The van der Waals surface area contributed by atoms with Crippen LogP contribution in [-0.2, 0) is 0 Å². The summed E-state index contributed by atoms with van der Waals surface area (Å²) in [4.78, 5) is 0. The van der Waals surface area contributed by atoms with Gasteiger partial charge in [0, 0.05) is 0 Å². The van der Waals surface area contributed by atoms with Gasteiger partial charge in [0.1, 0.15) is 5.82 Å². The molecule has 0 heterocycles. The van der Waals surface area contributed by atoms with Crippen LogP contribution in [0.15, 0.2) is 18.2 Å². The summed E-state index contributed by atoms with van der Waals surface area (Å²) in [6, 6.07) is 3.83. The number of rotatable bonds is 1. The SMILES string of the molecule is Cc1ccc(-c2c(O)c(O)c(O)c(O)c2O)cc1F. The lowest BCUT2D eigenvalue weighted by Gasteiger charge is -2.12.